The molecule has 1 aromatic heterocycles. The number of anilines is 1. The van der Waals surface area contributed by atoms with Crippen LogP contribution in [0.4, 0.5) is 5.69 Å². The van der Waals surface area contributed by atoms with Crippen LogP contribution >= 0.6 is 23.2 Å². The summed E-state index contributed by atoms with van der Waals surface area (Å²) in [6.07, 6.45) is 1.63. The fourth-order valence-electron chi connectivity index (χ4n) is 3.14. The highest BCUT2D eigenvalue weighted by Crippen LogP contribution is 2.30. The second-order valence-electron chi connectivity index (χ2n) is 6.73. The zero-order valence-corrected chi connectivity index (χ0v) is 18.1. The van der Waals surface area contributed by atoms with Crippen molar-refractivity contribution in [1.29, 1.82) is 0 Å². The summed E-state index contributed by atoms with van der Waals surface area (Å²) in [5.74, 6) is 0.165. The van der Waals surface area contributed by atoms with Crippen molar-refractivity contribution < 1.29 is 18.7 Å². The summed E-state index contributed by atoms with van der Waals surface area (Å²) in [7, 11) is 1.29. The third-order valence-corrected chi connectivity index (χ3v) is 5.25. The van der Waals surface area contributed by atoms with Gasteiger partial charge in [-0.1, -0.05) is 29.3 Å². The van der Waals surface area contributed by atoms with Gasteiger partial charge in [-0.2, -0.15) is 10.1 Å². The van der Waals surface area contributed by atoms with E-state index in [1.165, 1.54) is 12.1 Å². The number of amides is 1. The van der Waals surface area contributed by atoms with Gasteiger partial charge in [0, 0.05) is 10.6 Å². The maximum atomic E-state index is 12.9. The molecule has 1 aliphatic heterocycles. The molecule has 3 aromatic rings. The van der Waals surface area contributed by atoms with Crippen LogP contribution < -0.4 is 5.01 Å². The Labute approximate surface area is 188 Å². The first kappa shape index (κ1) is 20.9. The molecule has 0 unspecified atom stereocenters. The van der Waals surface area contributed by atoms with Crippen molar-refractivity contribution >= 4 is 52.6 Å². The molecule has 0 saturated carbocycles. The summed E-state index contributed by atoms with van der Waals surface area (Å²) in [6.45, 7) is 1.75. The Balaban J connectivity index is 1.62. The van der Waals surface area contributed by atoms with Crippen LogP contribution in [-0.2, 0) is 9.53 Å². The molecule has 1 amide bonds. The maximum absolute atomic E-state index is 12.9. The Bertz CT molecular complexity index is 1260. The molecule has 0 radical (unpaired) electrons. The maximum Gasteiger partial charge on any atom is 0.339 e. The van der Waals surface area contributed by atoms with Crippen molar-refractivity contribution in [3.05, 3.63) is 81.5 Å². The van der Waals surface area contributed by atoms with Crippen molar-refractivity contribution in [2.45, 2.75) is 6.92 Å². The van der Waals surface area contributed by atoms with Crippen molar-refractivity contribution in [1.82, 2.24) is 0 Å². The SMILES string of the molecule is COC(=O)c1cc(-c2ccc(C=C3C(=O)N(c4cccc(Cl)c4)N=C3C)o2)ccc1Cl. The number of halogens is 2. The largest absolute Gasteiger partial charge is 0.465 e. The number of ether oxygens (including phenoxy) is 1. The molecule has 2 heterocycles. The first-order valence-corrected chi connectivity index (χ1v) is 9.98. The van der Waals surface area contributed by atoms with Gasteiger partial charge < -0.3 is 9.15 Å². The smallest absolute Gasteiger partial charge is 0.339 e. The van der Waals surface area contributed by atoms with Gasteiger partial charge in [0.1, 0.15) is 11.5 Å². The molecule has 0 fully saturated rings. The summed E-state index contributed by atoms with van der Waals surface area (Å²) in [6, 6.07) is 15.3. The highest BCUT2D eigenvalue weighted by Gasteiger charge is 2.29. The van der Waals surface area contributed by atoms with Crippen LogP contribution in [0, 0.1) is 0 Å². The van der Waals surface area contributed by atoms with Crippen LogP contribution in [0.3, 0.4) is 0 Å². The van der Waals surface area contributed by atoms with Crippen LogP contribution in [0.1, 0.15) is 23.0 Å². The molecule has 6 nitrogen and oxygen atoms in total. The molecule has 1 aliphatic rings. The molecule has 156 valence electrons. The Morgan fingerprint density at radius 2 is 1.94 bits per heavy atom. The monoisotopic (exact) mass is 454 g/mol. The first-order valence-electron chi connectivity index (χ1n) is 9.23. The van der Waals surface area contributed by atoms with E-state index in [9.17, 15) is 9.59 Å². The summed E-state index contributed by atoms with van der Waals surface area (Å²) in [5.41, 5.74) is 2.44. The lowest BCUT2D eigenvalue weighted by Gasteiger charge is -2.11. The van der Waals surface area contributed by atoms with E-state index in [1.54, 1.807) is 67.6 Å². The summed E-state index contributed by atoms with van der Waals surface area (Å²) in [4.78, 5) is 24.8. The zero-order valence-electron chi connectivity index (χ0n) is 16.6. The Morgan fingerprint density at radius 3 is 2.68 bits per heavy atom. The average Bonchev–Trinajstić information content (AvgIpc) is 3.34. The number of benzene rings is 2. The minimum absolute atomic E-state index is 0.240. The normalized spacial score (nSPS) is 14.8. The summed E-state index contributed by atoms with van der Waals surface area (Å²) in [5, 5.41) is 6.44. The van der Waals surface area contributed by atoms with E-state index in [2.05, 4.69) is 5.10 Å². The number of carbonyl (C=O) groups excluding carboxylic acids is 2. The lowest BCUT2D eigenvalue weighted by atomic mass is 10.1. The van der Waals surface area contributed by atoms with Gasteiger partial charge >= 0.3 is 5.97 Å². The topological polar surface area (TPSA) is 72.1 Å². The third kappa shape index (κ3) is 4.13. The fraction of sp³-hybridized carbons (Fsp3) is 0.0870. The van der Waals surface area contributed by atoms with E-state index in [4.69, 9.17) is 32.4 Å². The van der Waals surface area contributed by atoms with E-state index in [-0.39, 0.29) is 16.5 Å². The van der Waals surface area contributed by atoms with Crippen molar-refractivity contribution in [2.75, 3.05) is 12.1 Å². The number of hydrogen-bond acceptors (Lipinski definition) is 5. The van der Waals surface area contributed by atoms with Gasteiger partial charge in [-0.3, -0.25) is 4.79 Å². The van der Waals surface area contributed by atoms with Crippen molar-refractivity contribution in [3.8, 4) is 11.3 Å². The molecule has 8 heteroatoms. The molecular formula is C23H16Cl2N2O4. The standard InChI is InChI=1S/C23H16Cl2N2O4/c1-13-18(22(28)27(26-13)16-5-3-4-15(24)11-16)12-17-7-9-21(31-17)14-6-8-20(25)19(10-14)23(29)30-2/h3-12H,1-2H3. The minimum atomic E-state index is -0.537. The van der Waals surface area contributed by atoms with Gasteiger partial charge in [-0.15, -0.1) is 0 Å². The Morgan fingerprint density at radius 1 is 1.13 bits per heavy atom. The third-order valence-electron chi connectivity index (χ3n) is 4.68. The fourth-order valence-corrected chi connectivity index (χ4v) is 3.52. The van der Waals surface area contributed by atoms with E-state index in [0.717, 1.165) is 0 Å². The van der Waals surface area contributed by atoms with Gasteiger partial charge in [-0.05, 0) is 61.5 Å². The van der Waals surface area contributed by atoms with E-state index >= 15 is 0 Å². The van der Waals surface area contributed by atoms with Crippen molar-refractivity contribution in [3.63, 3.8) is 0 Å². The van der Waals surface area contributed by atoms with Crippen LogP contribution in [0.15, 0.2) is 69.7 Å². The van der Waals surface area contributed by atoms with Crippen LogP contribution in [0.25, 0.3) is 17.4 Å². The molecule has 0 aliphatic carbocycles. The molecule has 0 atom stereocenters. The first-order chi connectivity index (χ1) is 14.9. The number of rotatable bonds is 4. The van der Waals surface area contributed by atoms with E-state index in [1.807, 2.05) is 0 Å². The van der Waals surface area contributed by atoms with Crippen LogP contribution in [0.5, 0.6) is 0 Å². The second kappa shape index (κ2) is 8.41. The number of nitrogens with zero attached hydrogens (tertiary/aromatic N) is 2. The molecular weight excluding hydrogens is 439 g/mol. The second-order valence-corrected chi connectivity index (χ2v) is 7.57. The van der Waals surface area contributed by atoms with Gasteiger partial charge in [0.05, 0.1) is 34.7 Å². The highest BCUT2D eigenvalue weighted by molar-refractivity contribution is 6.34. The van der Waals surface area contributed by atoms with Gasteiger partial charge in [-0.25, -0.2) is 4.79 Å². The van der Waals surface area contributed by atoms with Gasteiger partial charge in [0.25, 0.3) is 5.91 Å². The molecule has 0 N–H and O–H groups in total. The highest BCUT2D eigenvalue weighted by atomic mass is 35.5. The van der Waals surface area contributed by atoms with Gasteiger partial charge in [0.15, 0.2) is 0 Å². The number of hydrogen-bond donors (Lipinski definition) is 0. The molecule has 31 heavy (non-hydrogen) atoms. The number of carbonyl (C=O) groups is 2. The number of furan rings is 1. The Hall–Kier alpha value is -3.35. The molecule has 0 spiro atoms. The van der Waals surface area contributed by atoms with Crippen LogP contribution in [-0.4, -0.2) is 24.7 Å². The minimum Gasteiger partial charge on any atom is -0.465 e. The van der Waals surface area contributed by atoms with Crippen molar-refractivity contribution in [2.24, 2.45) is 5.10 Å². The number of esters is 1. The summed E-state index contributed by atoms with van der Waals surface area (Å²) >= 11 is 12.1. The molecule has 4 rings (SSSR count). The zero-order chi connectivity index (χ0) is 22.1. The van der Waals surface area contributed by atoms with Gasteiger partial charge in [0.2, 0.25) is 0 Å². The van der Waals surface area contributed by atoms with E-state index in [0.29, 0.717) is 39.1 Å². The average molecular weight is 455 g/mol. The predicted molar refractivity (Wildman–Crippen MR) is 121 cm³/mol. The van der Waals surface area contributed by atoms with E-state index < -0.39 is 5.97 Å². The predicted octanol–water partition coefficient (Wildman–Crippen LogP) is 5.85. The number of methoxy groups -OCH3 is 1. The lowest BCUT2D eigenvalue weighted by Crippen LogP contribution is -2.21. The molecule has 0 saturated heterocycles. The summed E-state index contributed by atoms with van der Waals surface area (Å²) < 4.78 is 10.6. The quantitative estimate of drug-likeness (QED) is 0.366. The lowest BCUT2D eigenvalue weighted by molar-refractivity contribution is -0.114. The molecule has 2 aromatic carbocycles. The Kier molecular flexibility index (Phi) is 5.67. The van der Waals surface area contributed by atoms with Crippen LogP contribution in [0.2, 0.25) is 10.0 Å². The molecule has 0 bridgehead atoms. The number of hydrazone groups is 1.